The van der Waals surface area contributed by atoms with E-state index in [0.717, 1.165) is 26.3 Å². The van der Waals surface area contributed by atoms with Crippen LogP contribution in [0.4, 0.5) is 0 Å². The maximum absolute atomic E-state index is 5.13. The molecule has 1 fully saturated rings. The fourth-order valence-electron chi connectivity index (χ4n) is 0.671. The first-order chi connectivity index (χ1) is 4.50. The van der Waals surface area contributed by atoms with Gasteiger partial charge in [0.15, 0.2) is 0 Å². The standard InChI is InChI=1S/C5H11NO.C2H4.H2/c1-2-6-3-5-7-4-1;1-2;/h6H,1-5H2;1-2H2;1H. The molecule has 0 atom stereocenters. The maximum atomic E-state index is 5.13. The van der Waals surface area contributed by atoms with E-state index in [1.807, 2.05) is 0 Å². The molecule has 0 saturated carbocycles. The van der Waals surface area contributed by atoms with Gasteiger partial charge in [0.25, 0.3) is 0 Å². The molecular formula is C7H17NO. The van der Waals surface area contributed by atoms with E-state index in [4.69, 9.17) is 4.74 Å². The zero-order valence-electron chi connectivity index (χ0n) is 5.86. The molecule has 0 spiro atoms. The van der Waals surface area contributed by atoms with Crippen LogP contribution in [-0.4, -0.2) is 26.3 Å². The van der Waals surface area contributed by atoms with Crippen molar-refractivity contribution in [1.29, 1.82) is 0 Å². The summed E-state index contributed by atoms with van der Waals surface area (Å²) in [5.41, 5.74) is 0. The summed E-state index contributed by atoms with van der Waals surface area (Å²) in [6.45, 7) is 9.98. The van der Waals surface area contributed by atoms with Gasteiger partial charge in [-0.05, 0) is 13.0 Å². The van der Waals surface area contributed by atoms with E-state index in [2.05, 4.69) is 18.5 Å². The van der Waals surface area contributed by atoms with Crippen molar-refractivity contribution in [3.8, 4) is 0 Å². The summed E-state index contributed by atoms with van der Waals surface area (Å²) in [5, 5.41) is 3.22. The Morgan fingerprint density at radius 1 is 1.22 bits per heavy atom. The summed E-state index contributed by atoms with van der Waals surface area (Å²) in [6.07, 6.45) is 1.17. The minimum atomic E-state index is 0. The Hall–Kier alpha value is -0.340. The van der Waals surface area contributed by atoms with Crippen molar-refractivity contribution in [2.24, 2.45) is 0 Å². The predicted molar refractivity (Wildman–Crippen MR) is 41.7 cm³/mol. The highest BCUT2D eigenvalue weighted by atomic mass is 16.5. The molecule has 1 aliphatic rings. The van der Waals surface area contributed by atoms with Gasteiger partial charge in [0.05, 0.1) is 6.61 Å². The molecule has 0 aromatic rings. The first-order valence-corrected chi connectivity index (χ1v) is 3.28. The molecule has 0 radical (unpaired) electrons. The van der Waals surface area contributed by atoms with Crippen LogP contribution in [0.5, 0.6) is 0 Å². The van der Waals surface area contributed by atoms with E-state index in [-0.39, 0.29) is 1.43 Å². The van der Waals surface area contributed by atoms with Crippen LogP contribution < -0.4 is 5.32 Å². The predicted octanol–water partition coefficient (Wildman–Crippen LogP) is 1.04. The van der Waals surface area contributed by atoms with E-state index in [1.165, 1.54) is 6.42 Å². The molecule has 2 nitrogen and oxygen atoms in total. The Balaban J connectivity index is 0. The van der Waals surface area contributed by atoms with E-state index in [0.29, 0.717) is 0 Å². The lowest BCUT2D eigenvalue weighted by molar-refractivity contribution is 0.151. The smallest absolute Gasteiger partial charge is 0.0590 e. The minimum absolute atomic E-state index is 0. The fraction of sp³-hybridized carbons (Fsp3) is 0.714. The molecule has 9 heavy (non-hydrogen) atoms. The number of hydrogen-bond donors (Lipinski definition) is 1. The molecule has 2 heteroatoms. The van der Waals surface area contributed by atoms with Crippen LogP contribution in [0.1, 0.15) is 7.85 Å². The molecule has 56 valence electrons. The van der Waals surface area contributed by atoms with Gasteiger partial charge < -0.3 is 10.1 Å². The molecule has 1 saturated heterocycles. The molecule has 0 aliphatic carbocycles. The Labute approximate surface area is 58.4 Å². The highest BCUT2D eigenvalue weighted by Crippen LogP contribution is 1.83. The molecule has 1 heterocycles. The Morgan fingerprint density at radius 2 is 2.00 bits per heavy atom. The van der Waals surface area contributed by atoms with Crippen LogP contribution in [0.15, 0.2) is 13.2 Å². The zero-order chi connectivity index (χ0) is 6.95. The molecule has 0 aromatic carbocycles. The second kappa shape index (κ2) is 7.66. The molecule has 1 rings (SSSR count). The van der Waals surface area contributed by atoms with Crippen molar-refractivity contribution in [2.45, 2.75) is 6.42 Å². The largest absolute Gasteiger partial charge is 0.380 e. The van der Waals surface area contributed by atoms with Gasteiger partial charge in [0.1, 0.15) is 0 Å². The average molecular weight is 131 g/mol. The fourth-order valence-corrected chi connectivity index (χ4v) is 0.671. The number of nitrogens with one attached hydrogen (secondary N) is 1. The molecule has 1 N–H and O–H groups in total. The second-order valence-corrected chi connectivity index (χ2v) is 1.72. The van der Waals surface area contributed by atoms with E-state index >= 15 is 0 Å². The lowest BCUT2D eigenvalue weighted by Gasteiger charge is -1.91. The van der Waals surface area contributed by atoms with Crippen molar-refractivity contribution >= 4 is 0 Å². The Kier molecular flexibility index (Phi) is 7.37. The van der Waals surface area contributed by atoms with Gasteiger partial charge in [-0.15, -0.1) is 13.2 Å². The van der Waals surface area contributed by atoms with Crippen molar-refractivity contribution < 1.29 is 6.16 Å². The topological polar surface area (TPSA) is 21.3 Å². The second-order valence-electron chi connectivity index (χ2n) is 1.72. The first kappa shape index (κ1) is 8.66. The van der Waals surface area contributed by atoms with Crippen molar-refractivity contribution in [3.05, 3.63) is 13.2 Å². The summed E-state index contributed by atoms with van der Waals surface area (Å²) < 4.78 is 5.13. The van der Waals surface area contributed by atoms with Crippen molar-refractivity contribution in [1.82, 2.24) is 5.32 Å². The van der Waals surface area contributed by atoms with E-state index in [9.17, 15) is 0 Å². The van der Waals surface area contributed by atoms with Gasteiger partial charge in [-0.1, -0.05) is 0 Å². The monoisotopic (exact) mass is 131 g/mol. The number of rotatable bonds is 0. The molecule has 0 aromatic heterocycles. The lowest BCUT2D eigenvalue weighted by Crippen LogP contribution is -2.15. The van der Waals surface area contributed by atoms with Crippen LogP contribution in [0.2, 0.25) is 0 Å². The van der Waals surface area contributed by atoms with Crippen LogP contribution in [-0.2, 0) is 4.74 Å². The molecule has 1 aliphatic heterocycles. The van der Waals surface area contributed by atoms with Crippen LogP contribution >= 0.6 is 0 Å². The Morgan fingerprint density at radius 3 is 2.78 bits per heavy atom. The van der Waals surface area contributed by atoms with Crippen LogP contribution in [0.25, 0.3) is 0 Å². The third kappa shape index (κ3) is 5.53. The van der Waals surface area contributed by atoms with E-state index < -0.39 is 0 Å². The van der Waals surface area contributed by atoms with Crippen molar-refractivity contribution in [3.63, 3.8) is 0 Å². The lowest BCUT2D eigenvalue weighted by atomic mass is 10.5. The SMILES string of the molecule is C1CNCCOC1.C=C.[HH]. The third-order valence-electron chi connectivity index (χ3n) is 1.07. The normalized spacial score (nSPS) is 19.1. The molecule has 0 amide bonds. The van der Waals surface area contributed by atoms with Gasteiger partial charge in [0.2, 0.25) is 0 Å². The summed E-state index contributed by atoms with van der Waals surface area (Å²) in [7, 11) is 0. The summed E-state index contributed by atoms with van der Waals surface area (Å²) in [5.74, 6) is 0. The highest BCUT2D eigenvalue weighted by Gasteiger charge is 1.93. The molecular weight excluding hydrogens is 114 g/mol. The van der Waals surface area contributed by atoms with Crippen molar-refractivity contribution in [2.75, 3.05) is 26.3 Å². The minimum Gasteiger partial charge on any atom is -0.380 e. The quantitative estimate of drug-likeness (QED) is 0.496. The van der Waals surface area contributed by atoms with Gasteiger partial charge >= 0.3 is 0 Å². The van der Waals surface area contributed by atoms with E-state index in [1.54, 1.807) is 0 Å². The van der Waals surface area contributed by atoms with Crippen LogP contribution in [0, 0.1) is 0 Å². The first-order valence-electron chi connectivity index (χ1n) is 3.28. The van der Waals surface area contributed by atoms with Gasteiger partial charge in [0, 0.05) is 14.6 Å². The third-order valence-corrected chi connectivity index (χ3v) is 1.07. The van der Waals surface area contributed by atoms with Gasteiger partial charge in [-0.3, -0.25) is 0 Å². The molecule has 0 bridgehead atoms. The van der Waals surface area contributed by atoms with Gasteiger partial charge in [-0.25, -0.2) is 0 Å². The number of hydrogen-bond acceptors (Lipinski definition) is 2. The zero-order valence-corrected chi connectivity index (χ0v) is 5.86. The summed E-state index contributed by atoms with van der Waals surface area (Å²) in [4.78, 5) is 0. The molecule has 0 unspecified atom stereocenters. The number of ether oxygens (including phenoxy) is 1. The van der Waals surface area contributed by atoms with Crippen LogP contribution in [0.3, 0.4) is 0 Å². The average Bonchev–Trinajstić information content (AvgIpc) is 2.21. The summed E-state index contributed by atoms with van der Waals surface area (Å²) in [6, 6.07) is 0. The van der Waals surface area contributed by atoms with Gasteiger partial charge in [-0.2, -0.15) is 0 Å². The Bertz CT molecular complexity index is 41.9. The summed E-state index contributed by atoms with van der Waals surface area (Å²) >= 11 is 0. The highest BCUT2D eigenvalue weighted by molar-refractivity contribution is 4.50. The maximum Gasteiger partial charge on any atom is 0.0590 e.